The van der Waals surface area contributed by atoms with E-state index in [1.165, 1.54) is 6.42 Å². The van der Waals surface area contributed by atoms with Gasteiger partial charge in [-0.1, -0.05) is 0 Å². The average Bonchev–Trinajstić information content (AvgIpc) is 1.95. The van der Waals surface area contributed by atoms with Gasteiger partial charge in [0.25, 0.3) is 0 Å². The molecule has 0 radical (unpaired) electrons. The summed E-state index contributed by atoms with van der Waals surface area (Å²) in [6.45, 7) is 1.08. The maximum atomic E-state index is 9.02. The Hall–Kier alpha value is -0.520. The summed E-state index contributed by atoms with van der Waals surface area (Å²) in [6.07, 6.45) is 9.27. The molecule has 0 atom stereocenters. The van der Waals surface area contributed by atoms with Crippen molar-refractivity contribution >= 4 is 0 Å². The lowest BCUT2D eigenvalue weighted by molar-refractivity contribution is 0.0899. The topological polar surface area (TPSA) is 32.3 Å². The minimum absolute atomic E-state index is 0.0247. The van der Waals surface area contributed by atoms with Crippen LogP contribution in [0.4, 0.5) is 0 Å². The lowest BCUT2D eigenvalue weighted by atomic mass is 9.77. The summed E-state index contributed by atoms with van der Waals surface area (Å²) < 4.78 is 0. The first-order valence-electron chi connectivity index (χ1n) is 4.12. The lowest BCUT2D eigenvalue weighted by Gasteiger charge is -2.41. The van der Waals surface area contributed by atoms with Gasteiger partial charge in [-0.3, -0.25) is 0 Å². The van der Waals surface area contributed by atoms with E-state index in [9.17, 15) is 0 Å². The zero-order chi connectivity index (χ0) is 8.16. The van der Waals surface area contributed by atoms with E-state index in [1.54, 1.807) is 0 Å². The summed E-state index contributed by atoms with van der Waals surface area (Å²) in [6, 6.07) is 0. The molecular formula is C9H15NO. The van der Waals surface area contributed by atoms with E-state index in [1.807, 2.05) is 0 Å². The molecule has 11 heavy (non-hydrogen) atoms. The first-order chi connectivity index (χ1) is 5.33. The summed E-state index contributed by atoms with van der Waals surface area (Å²) in [5, 5.41) is 12.3. The van der Waals surface area contributed by atoms with E-state index < -0.39 is 0 Å². The maximum Gasteiger partial charge on any atom is 0.0613 e. The Kier molecular flexibility index (Phi) is 2.92. The zero-order valence-corrected chi connectivity index (χ0v) is 6.77. The Morgan fingerprint density at radius 1 is 1.55 bits per heavy atom. The third kappa shape index (κ3) is 1.95. The minimum Gasteiger partial charge on any atom is -0.394 e. The fraction of sp³-hybridized carbons (Fsp3) is 0.778. The molecule has 1 aliphatic carbocycles. The van der Waals surface area contributed by atoms with Crippen molar-refractivity contribution in [3.63, 3.8) is 0 Å². The van der Waals surface area contributed by atoms with Crippen molar-refractivity contribution in [3.05, 3.63) is 0 Å². The molecule has 0 unspecified atom stereocenters. The Morgan fingerprint density at radius 2 is 2.27 bits per heavy atom. The number of terminal acetylenes is 1. The lowest BCUT2D eigenvalue weighted by Crippen LogP contribution is -2.54. The number of rotatable bonds is 4. The van der Waals surface area contributed by atoms with Gasteiger partial charge in [0.05, 0.1) is 6.61 Å². The van der Waals surface area contributed by atoms with E-state index in [2.05, 4.69) is 11.2 Å². The van der Waals surface area contributed by atoms with Crippen LogP contribution in [-0.2, 0) is 0 Å². The van der Waals surface area contributed by atoms with E-state index >= 15 is 0 Å². The maximum absolute atomic E-state index is 9.02. The highest BCUT2D eigenvalue weighted by molar-refractivity contribution is 4.96. The third-order valence-corrected chi connectivity index (χ3v) is 2.38. The number of hydrogen-bond donors (Lipinski definition) is 2. The molecule has 0 aromatic carbocycles. The summed E-state index contributed by atoms with van der Waals surface area (Å²) in [7, 11) is 0. The molecule has 2 nitrogen and oxygen atoms in total. The Balaban J connectivity index is 2.17. The third-order valence-electron chi connectivity index (χ3n) is 2.38. The molecular weight excluding hydrogens is 138 g/mol. The molecule has 62 valence electrons. The van der Waals surface area contributed by atoms with Crippen LogP contribution in [0.2, 0.25) is 0 Å². The fourth-order valence-electron chi connectivity index (χ4n) is 1.39. The van der Waals surface area contributed by atoms with Crippen LogP contribution in [0, 0.1) is 12.3 Å². The van der Waals surface area contributed by atoms with Crippen molar-refractivity contribution < 1.29 is 5.11 Å². The second-order valence-electron chi connectivity index (χ2n) is 3.17. The van der Waals surface area contributed by atoms with Gasteiger partial charge < -0.3 is 10.4 Å². The van der Waals surface area contributed by atoms with E-state index in [4.69, 9.17) is 11.5 Å². The minimum atomic E-state index is 0.0247. The first kappa shape index (κ1) is 8.58. The largest absolute Gasteiger partial charge is 0.394 e. The molecule has 0 heterocycles. The molecule has 0 aromatic rings. The summed E-state index contributed by atoms with van der Waals surface area (Å²) in [5.41, 5.74) is 0.0247. The first-order valence-corrected chi connectivity index (χ1v) is 4.12. The highest BCUT2D eigenvalue weighted by Gasteiger charge is 2.35. The smallest absolute Gasteiger partial charge is 0.0613 e. The van der Waals surface area contributed by atoms with Gasteiger partial charge in [-0.2, -0.15) is 0 Å². The quantitative estimate of drug-likeness (QED) is 0.456. The normalized spacial score (nSPS) is 20.4. The number of nitrogens with one attached hydrogen (secondary N) is 1. The monoisotopic (exact) mass is 153 g/mol. The Bertz CT molecular complexity index is 150. The molecule has 0 aromatic heterocycles. The van der Waals surface area contributed by atoms with Crippen LogP contribution in [0.3, 0.4) is 0 Å². The van der Waals surface area contributed by atoms with Gasteiger partial charge in [-0.15, -0.1) is 12.3 Å². The van der Waals surface area contributed by atoms with Gasteiger partial charge in [0.2, 0.25) is 0 Å². The van der Waals surface area contributed by atoms with Crippen molar-refractivity contribution in [2.24, 2.45) is 0 Å². The highest BCUT2D eigenvalue weighted by Crippen LogP contribution is 2.30. The van der Waals surface area contributed by atoms with Gasteiger partial charge in [0.15, 0.2) is 0 Å². The Morgan fingerprint density at radius 3 is 2.64 bits per heavy atom. The van der Waals surface area contributed by atoms with Crippen molar-refractivity contribution in [2.75, 3.05) is 13.2 Å². The van der Waals surface area contributed by atoms with E-state index in [-0.39, 0.29) is 12.1 Å². The van der Waals surface area contributed by atoms with Crippen LogP contribution in [0.1, 0.15) is 25.7 Å². The average molecular weight is 153 g/mol. The fourth-order valence-corrected chi connectivity index (χ4v) is 1.39. The van der Waals surface area contributed by atoms with Gasteiger partial charge in [0, 0.05) is 18.5 Å². The molecule has 0 saturated heterocycles. The van der Waals surface area contributed by atoms with E-state index in [0.29, 0.717) is 0 Å². The molecule has 2 N–H and O–H groups in total. The molecule has 0 spiro atoms. The van der Waals surface area contributed by atoms with Crippen molar-refractivity contribution in [1.82, 2.24) is 5.32 Å². The van der Waals surface area contributed by atoms with Gasteiger partial charge in [-0.05, 0) is 19.3 Å². The van der Waals surface area contributed by atoms with Gasteiger partial charge >= 0.3 is 0 Å². The molecule has 0 bridgehead atoms. The van der Waals surface area contributed by atoms with Crippen LogP contribution in [0.15, 0.2) is 0 Å². The van der Waals surface area contributed by atoms with Crippen LogP contribution in [0.5, 0.6) is 0 Å². The predicted octanol–water partition coefficient (Wildman–Crippen LogP) is 0.514. The van der Waals surface area contributed by atoms with Crippen molar-refractivity contribution in [3.8, 4) is 12.3 Å². The van der Waals surface area contributed by atoms with Crippen molar-refractivity contribution in [2.45, 2.75) is 31.2 Å². The number of aliphatic hydroxyl groups excluding tert-OH is 1. The van der Waals surface area contributed by atoms with Crippen LogP contribution in [0.25, 0.3) is 0 Å². The SMILES string of the molecule is C#CCCNC1(CO)CCC1. The van der Waals surface area contributed by atoms with Gasteiger partial charge in [0.1, 0.15) is 0 Å². The summed E-state index contributed by atoms with van der Waals surface area (Å²) in [5.74, 6) is 2.57. The molecule has 1 fully saturated rings. The van der Waals surface area contributed by atoms with Crippen molar-refractivity contribution in [1.29, 1.82) is 0 Å². The van der Waals surface area contributed by atoms with Crippen LogP contribution in [-0.4, -0.2) is 23.8 Å². The summed E-state index contributed by atoms with van der Waals surface area (Å²) >= 11 is 0. The molecule has 2 heteroatoms. The highest BCUT2D eigenvalue weighted by atomic mass is 16.3. The molecule has 0 amide bonds. The summed E-state index contributed by atoms with van der Waals surface area (Å²) in [4.78, 5) is 0. The molecule has 1 rings (SSSR count). The second-order valence-corrected chi connectivity index (χ2v) is 3.17. The molecule has 1 saturated carbocycles. The second kappa shape index (κ2) is 3.75. The predicted molar refractivity (Wildman–Crippen MR) is 45.1 cm³/mol. The molecule has 0 aliphatic heterocycles. The molecule has 1 aliphatic rings. The van der Waals surface area contributed by atoms with E-state index in [0.717, 1.165) is 25.8 Å². The number of aliphatic hydroxyl groups is 1. The zero-order valence-electron chi connectivity index (χ0n) is 6.77. The van der Waals surface area contributed by atoms with Gasteiger partial charge in [-0.25, -0.2) is 0 Å². The number of hydrogen-bond acceptors (Lipinski definition) is 2. The standard InChI is InChI=1S/C9H15NO/c1-2-3-7-10-9(8-11)5-4-6-9/h1,10-11H,3-8H2. The van der Waals surface area contributed by atoms with Crippen LogP contribution >= 0.6 is 0 Å². The van der Waals surface area contributed by atoms with Crippen LogP contribution < -0.4 is 5.32 Å². The Labute approximate surface area is 68.0 Å².